The summed E-state index contributed by atoms with van der Waals surface area (Å²) in [5.74, 6) is -0.860. The van der Waals surface area contributed by atoms with Gasteiger partial charge in [0, 0.05) is 30.1 Å². The van der Waals surface area contributed by atoms with E-state index in [1.54, 1.807) is 57.0 Å². The average Bonchev–Trinajstić information content (AvgIpc) is 3.51. The van der Waals surface area contributed by atoms with Crippen LogP contribution in [0.4, 0.5) is 19.3 Å². The number of halogens is 2. The van der Waals surface area contributed by atoms with Crippen molar-refractivity contribution < 1.29 is 27.8 Å². The van der Waals surface area contributed by atoms with E-state index in [2.05, 4.69) is 0 Å². The smallest absolute Gasteiger partial charge is 0.419 e. The summed E-state index contributed by atoms with van der Waals surface area (Å²) in [6.45, 7) is 5.05. The fourth-order valence-electron chi connectivity index (χ4n) is 3.57. The van der Waals surface area contributed by atoms with Gasteiger partial charge in [-0.2, -0.15) is 0 Å². The Kier molecular flexibility index (Phi) is 5.86. The predicted molar refractivity (Wildman–Crippen MR) is 120 cm³/mol. The Balaban J connectivity index is 1.58. The summed E-state index contributed by atoms with van der Waals surface area (Å²) in [5, 5.41) is 0.0939. The van der Waals surface area contributed by atoms with E-state index in [0.717, 1.165) is 35.2 Å². The zero-order valence-electron chi connectivity index (χ0n) is 19.0. The van der Waals surface area contributed by atoms with Crippen molar-refractivity contribution >= 4 is 28.6 Å². The lowest BCUT2D eigenvalue weighted by Gasteiger charge is -2.21. The van der Waals surface area contributed by atoms with E-state index in [1.807, 2.05) is 0 Å². The van der Waals surface area contributed by atoms with Crippen molar-refractivity contribution in [3.8, 4) is 5.75 Å². The Labute approximate surface area is 190 Å². The maximum absolute atomic E-state index is 14.4. The van der Waals surface area contributed by atoms with Crippen LogP contribution in [0.25, 0.3) is 10.9 Å². The van der Waals surface area contributed by atoms with E-state index < -0.39 is 23.3 Å². The zero-order chi connectivity index (χ0) is 23.9. The molecule has 1 amide bonds. The number of aromatic nitrogens is 1. The molecular formula is C25H26F2N2O4. The fourth-order valence-corrected chi connectivity index (χ4v) is 3.57. The summed E-state index contributed by atoms with van der Waals surface area (Å²) >= 11 is 0. The molecule has 174 valence electrons. The molecule has 1 fully saturated rings. The first-order valence-corrected chi connectivity index (χ1v) is 10.8. The van der Waals surface area contributed by atoms with Crippen LogP contribution in [0.15, 0.2) is 42.5 Å². The number of carbonyl (C=O) groups is 2. The largest absolute Gasteiger partial charge is 0.487 e. The summed E-state index contributed by atoms with van der Waals surface area (Å²) < 4.78 is 40.6. The Bertz CT molecular complexity index is 1210. The van der Waals surface area contributed by atoms with Gasteiger partial charge in [-0.1, -0.05) is 0 Å². The molecular weight excluding hydrogens is 430 g/mol. The monoisotopic (exact) mass is 456 g/mol. The van der Waals surface area contributed by atoms with E-state index in [4.69, 9.17) is 9.47 Å². The zero-order valence-corrected chi connectivity index (χ0v) is 19.0. The van der Waals surface area contributed by atoms with Crippen molar-refractivity contribution in [3.63, 3.8) is 0 Å². The Morgan fingerprint density at radius 1 is 1.09 bits per heavy atom. The van der Waals surface area contributed by atoms with Crippen LogP contribution >= 0.6 is 0 Å². The highest BCUT2D eigenvalue weighted by molar-refractivity contribution is 5.96. The van der Waals surface area contributed by atoms with Gasteiger partial charge in [0.2, 0.25) is 5.91 Å². The maximum Gasteiger partial charge on any atom is 0.419 e. The first-order chi connectivity index (χ1) is 15.5. The van der Waals surface area contributed by atoms with Crippen molar-refractivity contribution in [1.29, 1.82) is 0 Å². The molecule has 1 aliphatic rings. The molecule has 1 heterocycles. The summed E-state index contributed by atoms with van der Waals surface area (Å²) in [6.07, 6.45) is 1.11. The highest BCUT2D eigenvalue weighted by Gasteiger charge is 2.32. The number of rotatable bonds is 5. The molecule has 0 saturated heterocycles. The lowest BCUT2D eigenvalue weighted by atomic mass is 10.2. The van der Waals surface area contributed by atoms with Gasteiger partial charge in [0.25, 0.3) is 0 Å². The molecule has 0 aliphatic heterocycles. The van der Waals surface area contributed by atoms with Crippen LogP contribution < -0.4 is 9.64 Å². The number of fused-ring (bicyclic) bond motifs is 1. The molecule has 2 aromatic carbocycles. The van der Waals surface area contributed by atoms with Gasteiger partial charge in [-0.3, -0.25) is 4.79 Å². The number of carbonyl (C=O) groups excluding carboxylic acids is 2. The highest BCUT2D eigenvalue weighted by Crippen LogP contribution is 2.33. The van der Waals surface area contributed by atoms with Crippen molar-refractivity contribution in [2.75, 3.05) is 11.9 Å². The van der Waals surface area contributed by atoms with Crippen LogP contribution in [0.5, 0.6) is 5.75 Å². The lowest BCUT2D eigenvalue weighted by molar-refractivity contribution is -0.119. The fraction of sp³-hybridized carbons (Fsp3) is 0.360. The molecule has 4 rings (SSSR count). The Morgan fingerprint density at radius 2 is 1.76 bits per heavy atom. The van der Waals surface area contributed by atoms with Crippen LogP contribution in [-0.2, 0) is 16.1 Å². The summed E-state index contributed by atoms with van der Waals surface area (Å²) in [6, 6.07) is 10.3. The Morgan fingerprint density at radius 3 is 2.36 bits per heavy atom. The van der Waals surface area contributed by atoms with E-state index in [-0.39, 0.29) is 29.3 Å². The third-order valence-corrected chi connectivity index (χ3v) is 5.36. The molecule has 33 heavy (non-hydrogen) atoms. The minimum atomic E-state index is -0.796. The topological polar surface area (TPSA) is 60.8 Å². The number of hydrogen-bond acceptors (Lipinski definition) is 4. The number of amides is 1. The number of nitrogens with zero attached hydrogens (tertiary/aromatic N) is 2. The Hall–Kier alpha value is -3.42. The van der Waals surface area contributed by atoms with Crippen LogP contribution in [0, 0.1) is 17.6 Å². The first-order valence-electron chi connectivity index (χ1n) is 10.8. The third-order valence-electron chi connectivity index (χ3n) is 5.36. The summed E-state index contributed by atoms with van der Waals surface area (Å²) in [7, 11) is 1.74. The molecule has 0 radical (unpaired) electrons. The van der Waals surface area contributed by atoms with Crippen molar-refractivity contribution in [2.24, 2.45) is 5.92 Å². The highest BCUT2D eigenvalue weighted by atomic mass is 19.1. The van der Waals surface area contributed by atoms with E-state index in [9.17, 15) is 18.4 Å². The molecule has 8 heteroatoms. The molecule has 0 atom stereocenters. The maximum atomic E-state index is 14.4. The van der Waals surface area contributed by atoms with E-state index >= 15 is 0 Å². The van der Waals surface area contributed by atoms with Gasteiger partial charge in [0.1, 0.15) is 29.6 Å². The molecule has 1 aliphatic carbocycles. The molecule has 0 spiro atoms. The molecule has 1 saturated carbocycles. The van der Waals surface area contributed by atoms with Gasteiger partial charge in [-0.05, 0) is 70.0 Å². The van der Waals surface area contributed by atoms with Crippen LogP contribution in [0.2, 0.25) is 0 Å². The first kappa shape index (κ1) is 22.8. The number of benzene rings is 2. The van der Waals surface area contributed by atoms with Gasteiger partial charge < -0.3 is 14.4 Å². The van der Waals surface area contributed by atoms with E-state index in [0.29, 0.717) is 11.4 Å². The van der Waals surface area contributed by atoms with Gasteiger partial charge in [-0.25, -0.2) is 18.1 Å². The number of ether oxygens (including phenoxy) is 2. The molecule has 1 aromatic heterocycles. The predicted octanol–water partition coefficient (Wildman–Crippen LogP) is 5.65. The SMILES string of the molecule is CN(C(=O)C1CC1)c1ccc(OCc2cc3c(F)cc(F)cc3n2C(=O)OC(C)(C)C)cc1. The number of hydrogen-bond donors (Lipinski definition) is 0. The number of anilines is 1. The lowest BCUT2D eigenvalue weighted by Crippen LogP contribution is -2.28. The quantitative estimate of drug-likeness (QED) is 0.498. The van der Waals surface area contributed by atoms with Crippen LogP contribution in [0.3, 0.4) is 0 Å². The van der Waals surface area contributed by atoms with Crippen LogP contribution in [0.1, 0.15) is 39.3 Å². The molecule has 3 aromatic rings. The second kappa shape index (κ2) is 8.50. The summed E-state index contributed by atoms with van der Waals surface area (Å²) in [4.78, 5) is 26.7. The third kappa shape index (κ3) is 4.99. The second-order valence-electron chi connectivity index (χ2n) is 9.23. The van der Waals surface area contributed by atoms with Gasteiger partial charge in [-0.15, -0.1) is 0 Å². The van der Waals surface area contributed by atoms with Crippen LogP contribution in [-0.4, -0.2) is 29.2 Å². The second-order valence-corrected chi connectivity index (χ2v) is 9.23. The summed E-state index contributed by atoms with van der Waals surface area (Å²) in [5.41, 5.74) is 0.335. The molecule has 0 unspecified atom stereocenters. The van der Waals surface area contributed by atoms with Crippen molar-refractivity contribution in [3.05, 3.63) is 59.8 Å². The molecule has 0 N–H and O–H groups in total. The van der Waals surface area contributed by atoms with Gasteiger partial charge in [0.15, 0.2) is 0 Å². The minimum absolute atomic E-state index is 0.0657. The molecule has 0 bridgehead atoms. The normalized spacial score (nSPS) is 13.8. The van der Waals surface area contributed by atoms with Crippen molar-refractivity contribution in [2.45, 2.75) is 45.8 Å². The average molecular weight is 456 g/mol. The molecule has 6 nitrogen and oxygen atoms in total. The van der Waals surface area contributed by atoms with Gasteiger partial charge >= 0.3 is 6.09 Å². The standard InChI is InChI=1S/C25H26F2N2O4/c1-25(2,3)33-24(31)29-18(13-20-21(27)11-16(26)12-22(20)29)14-32-19-9-7-17(8-10-19)28(4)23(30)15-5-6-15/h7-13,15H,5-6,14H2,1-4H3. The minimum Gasteiger partial charge on any atom is -0.487 e. The van der Waals surface area contributed by atoms with Gasteiger partial charge in [0.05, 0.1) is 11.2 Å². The van der Waals surface area contributed by atoms with E-state index in [1.165, 1.54) is 6.07 Å². The van der Waals surface area contributed by atoms with Crippen molar-refractivity contribution in [1.82, 2.24) is 4.57 Å².